The molecule has 0 aliphatic rings. The second-order valence-corrected chi connectivity index (χ2v) is 0.606. The first-order chi connectivity index (χ1) is 2.27. The summed E-state index contributed by atoms with van der Waals surface area (Å²) in [4.78, 5) is 9.47. The smallest absolute Gasteiger partial charge is 1.00 e. The van der Waals surface area contributed by atoms with Crippen LogP contribution in [-0.4, -0.2) is 43.6 Å². The van der Waals surface area contributed by atoms with E-state index in [0.717, 1.165) is 6.08 Å². The van der Waals surface area contributed by atoms with Crippen LogP contribution in [0.25, 0.3) is 0 Å². The van der Waals surface area contributed by atoms with Gasteiger partial charge in [0.15, 0.2) is 0 Å². The van der Waals surface area contributed by atoms with Gasteiger partial charge in [-0.2, -0.15) is 0 Å². The number of primary amides is 1. The van der Waals surface area contributed by atoms with Crippen molar-refractivity contribution in [3.8, 4) is 0 Å². The molecule has 0 saturated carbocycles. The Labute approximate surface area is 69.4 Å². The molecular formula is C3H7CaNO. The SMILES string of the molecule is C=CC(N)=O.[Ca+2].[H-].[H-]. The van der Waals surface area contributed by atoms with Crippen LogP contribution in [0, 0.1) is 0 Å². The summed E-state index contributed by atoms with van der Waals surface area (Å²) >= 11 is 0. The van der Waals surface area contributed by atoms with Gasteiger partial charge < -0.3 is 8.59 Å². The quantitative estimate of drug-likeness (QED) is 0.361. The van der Waals surface area contributed by atoms with E-state index in [1.54, 1.807) is 0 Å². The van der Waals surface area contributed by atoms with Crippen molar-refractivity contribution in [2.45, 2.75) is 0 Å². The number of rotatable bonds is 1. The van der Waals surface area contributed by atoms with Crippen molar-refractivity contribution in [2.24, 2.45) is 5.73 Å². The molecule has 0 fully saturated rings. The zero-order valence-electron chi connectivity index (χ0n) is 5.48. The number of amides is 1. The second kappa shape index (κ2) is 5.47. The molecule has 6 heavy (non-hydrogen) atoms. The Morgan fingerprint density at radius 1 is 2.00 bits per heavy atom. The van der Waals surface area contributed by atoms with Crippen LogP contribution in [0.5, 0.6) is 0 Å². The Morgan fingerprint density at radius 2 is 2.17 bits per heavy atom. The number of nitrogens with two attached hydrogens (primary N) is 1. The van der Waals surface area contributed by atoms with Crippen molar-refractivity contribution >= 4 is 43.6 Å². The summed E-state index contributed by atoms with van der Waals surface area (Å²) < 4.78 is 0. The van der Waals surface area contributed by atoms with Crippen molar-refractivity contribution in [3.63, 3.8) is 0 Å². The van der Waals surface area contributed by atoms with Crippen LogP contribution in [0.4, 0.5) is 0 Å². The average molecular weight is 113 g/mol. The summed E-state index contributed by atoms with van der Waals surface area (Å²) in [6.45, 7) is 3.09. The minimum atomic E-state index is -0.481. The van der Waals surface area contributed by atoms with Crippen LogP contribution in [0.3, 0.4) is 0 Å². The molecule has 3 heteroatoms. The first-order valence-electron chi connectivity index (χ1n) is 1.19. The summed E-state index contributed by atoms with van der Waals surface area (Å²) in [6, 6.07) is 0. The van der Waals surface area contributed by atoms with E-state index in [-0.39, 0.29) is 40.6 Å². The topological polar surface area (TPSA) is 43.1 Å². The van der Waals surface area contributed by atoms with Crippen LogP contribution in [0.1, 0.15) is 2.85 Å². The molecule has 0 aromatic heterocycles. The monoisotopic (exact) mass is 113 g/mol. The molecule has 0 aliphatic heterocycles. The summed E-state index contributed by atoms with van der Waals surface area (Å²) in [5.74, 6) is -0.481. The van der Waals surface area contributed by atoms with Crippen molar-refractivity contribution in [1.29, 1.82) is 0 Å². The second-order valence-electron chi connectivity index (χ2n) is 0.606. The number of hydrogen-bond donors (Lipinski definition) is 1. The number of carbonyl (C=O) groups excluding carboxylic acids is 1. The molecule has 0 unspecified atom stereocenters. The fraction of sp³-hybridized carbons (Fsp3) is 0. The molecule has 1 amide bonds. The van der Waals surface area contributed by atoms with Crippen LogP contribution >= 0.6 is 0 Å². The van der Waals surface area contributed by atoms with Crippen molar-refractivity contribution in [2.75, 3.05) is 0 Å². The van der Waals surface area contributed by atoms with Crippen molar-refractivity contribution < 1.29 is 7.65 Å². The molecule has 0 aromatic rings. The third-order valence-electron chi connectivity index (χ3n) is 0.201. The summed E-state index contributed by atoms with van der Waals surface area (Å²) in [5, 5.41) is 0. The van der Waals surface area contributed by atoms with Gasteiger partial charge in [-0.25, -0.2) is 0 Å². The minimum Gasteiger partial charge on any atom is -1.00 e. The normalized spacial score (nSPS) is 5.33. The average Bonchev–Trinajstić information content (AvgIpc) is 1.38. The molecule has 0 radical (unpaired) electrons. The maximum atomic E-state index is 9.47. The fourth-order valence-corrected chi connectivity index (χ4v) is 0. The molecule has 2 nitrogen and oxygen atoms in total. The molecule has 0 heterocycles. The van der Waals surface area contributed by atoms with Gasteiger partial charge in [0, 0.05) is 0 Å². The summed E-state index contributed by atoms with van der Waals surface area (Å²) in [5.41, 5.74) is 4.53. The van der Waals surface area contributed by atoms with E-state index in [2.05, 4.69) is 12.3 Å². The summed E-state index contributed by atoms with van der Waals surface area (Å²) in [7, 11) is 0. The molecule has 32 valence electrons. The molecule has 0 aliphatic carbocycles. The molecule has 0 spiro atoms. The zero-order chi connectivity index (χ0) is 4.28. The van der Waals surface area contributed by atoms with E-state index in [0.29, 0.717) is 0 Å². The Morgan fingerprint density at radius 3 is 2.17 bits per heavy atom. The number of hydrogen-bond acceptors (Lipinski definition) is 1. The molecule has 0 bridgehead atoms. The number of carbonyl (C=O) groups is 1. The third-order valence-corrected chi connectivity index (χ3v) is 0.201. The maximum Gasteiger partial charge on any atom is 2.00 e. The molecule has 0 saturated heterocycles. The molecule has 0 rings (SSSR count). The summed E-state index contributed by atoms with van der Waals surface area (Å²) in [6.07, 6.45) is 1.06. The van der Waals surface area contributed by atoms with Gasteiger partial charge in [0.05, 0.1) is 0 Å². The fourth-order valence-electron chi connectivity index (χ4n) is 0. The van der Waals surface area contributed by atoms with E-state index in [4.69, 9.17) is 0 Å². The van der Waals surface area contributed by atoms with Gasteiger partial charge in [0.1, 0.15) is 0 Å². The molecule has 2 N–H and O–H groups in total. The Hall–Kier alpha value is 0.470. The van der Waals surface area contributed by atoms with Crippen molar-refractivity contribution in [3.05, 3.63) is 12.7 Å². The zero-order valence-corrected chi connectivity index (χ0v) is 5.69. The van der Waals surface area contributed by atoms with E-state index >= 15 is 0 Å². The largest absolute Gasteiger partial charge is 2.00 e. The molecule has 0 atom stereocenters. The van der Waals surface area contributed by atoms with Gasteiger partial charge in [-0.1, -0.05) is 6.58 Å². The Kier molecular flexibility index (Phi) is 8.83. The predicted molar refractivity (Wildman–Crippen MR) is 27.4 cm³/mol. The first kappa shape index (κ1) is 9.69. The van der Waals surface area contributed by atoms with E-state index < -0.39 is 5.91 Å². The maximum absolute atomic E-state index is 9.47. The third kappa shape index (κ3) is 8.82. The molecular weight excluding hydrogens is 106 g/mol. The van der Waals surface area contributed by atoms with Gasteiger partial charge >= 0.3 is 37.7 Å². The van der Waals surface area contributed by atoms with Gasteiger partial charge in [0.25, 0.3) is 0 Å². The standard InChI is InChI=1S/C3H5NO.Ca.2H/c1-2-3(4)5;;;/h2H,1H2,(H2,4,5);;;/q;+2;2*-1. The molecule has 0 aromatic carbocycles. The van der Waals surface area contributed by atoms with Gasteiger partial charge in [0.2, 0.25) is 5.91 Å². The van der Waals surface area contributed by atoms with Gasteiger partial charge in [-0.05, 0) is 6.08 Å². The van der Waals surface area contributed by atoms with Gasteiger partial charge in [-0.3, -0.25) is 4.79 Å². The van der Waals surface area contributed by atoms with Gasteiger partial charge in [-0.15, -0.1) is 0 Å². The van der Waals surface area contributed by atoms with Crippen molar-refractivity contribution in [1.82, 2.24) is 0 Å². The first-order valence-corrected chi connectivity index (χ1v) is 1.19. The minimum absolute atomic E-state index is 0. The Balaban J connectivity index is -0.0000000267. The van der Waals surface area contributed by atoms with E-state index in [9.17, 15) is 4.79 Å². The van der Waals surface area contributed by atoms with Crippen LogP contribution in [0.15, 0.2) is 12.7 Å². The Bertz CT molecular complexity index is 68.3. The predicted octanol–water partition coefficient (Wildman–Crippen LogP) is -0.498. The van der Waals surface area contributed by atoms with E-state index in [1.807, 2.05) is 0 Å². The van der Waals surface area contributed by atoms with Crippen LogP contribution in [-0.2, 0) is 4.79 Å². The van der Waals surface area contributed by atoms with E-state index in [1.165, 1.54) is 0 Å². The van der Waals surface area contributed by atoms with Crippen LogP contribution in [0.2, 0.25) is 0 Å². The van der Waals surface area contributed by atoms with Crippen LogP contribution < -0.4 is 5.73 Å².